The van der Waals surface area contributed by atoms with Crippen LogP contribution in [-0.4, -0.2) is 24.0 Å². The van der Waals surface area contributed by atoms with Gasteiger partial charge in [0, 0.05) is 24.7 Å². The third-order valence-electron chi connectivity index (χ3n) is 1.92. The van der Waals surface area contributed by atoms with Crippen molar-refractivity contribution in [1.29, 1.82) is 0 Å². The summed E-state index contributed by atoms with van der Waals surface area (Å²) in [5, 5.41) is 11.7. The highest BCUT2D eigenvalue weighted by atomic mass is 16.3. The van der Waals surface area contributed by atoms with Crippen molar-refractivity contribution in [2.45, 2.75) is 25.7 Å². The summed E-state index contributed by atoms with van der Waals surface area (Å²) in [6.45, 7) is 0.918. The maximum atomic E-state index is 11.0. The average Bonchev–Trinajstić information content (AvgIpc) is 2.06. The highest BCUT2D eigenvalue weighted by molar-refractivity contribution is 5.90. The number of carbonyl (C=O) groups is 1. The monoisotopic (exact) mass is 169 g/mol. The van der Waals surface area contributed by atoms with Crippen LogP contribution in [0.1, 0.15) is 25.7 Å². The largest absolute Gasteiger partial charge is 0.396 e. The van der Waals surface area contributed by atoms with Crippen LogP contribution in [0.5, 0.6) is 0 Å². The highest BCUT2D eigenvalue weighted by Gasteiger charge is 2.05. The van der Waals surface area contributed by atoms with Crippen LogP contribution in [0.2, 0.25) is 0 Å². The van der Waals surface area contributed by atoms with Crippen molar-refractivity contribution >= 4 is 5.78 Å². The Bertz CT molecular complexity index is 179. The number of nitrogens with one attached hydrogen (secondary N) is 1. The lowest BCUT2D eigenvalue weighted by atomic mass is 10.1. The van der Waals surface area contributed by atoms with Gasteiger partial charge in [0.2, 0.25) is 0 Å². The molecule has 0 unspecified atom stereocenters. The first kappa shape index (κ1) is 9.26. The van der Waals surface area contributed by atoms with Crippen molar-refractivity contribution in [2.75, 3.05) is 13.2 Å². The van der Waals surface area contributed by atoms with E-state index in [4.69, 9.17) is 5.11 Å². The van der Waals surface area contributed by atoms with Crippen molar-refractivity contribution in [2.24, 2.45) is 0 Å². The number of rotatable bonds is 3. The number of aliphatic hydroxyl groups is 1. The molecule has 1 fully saturated rings. The molecule has 1 rings (SSSR count). The second kappa shape index (κ2) is 4.93. The first-order valence-electron chi connectivity index (χ1n) is 4.41. The summed E-state index contributed by atoms with van der Waals surface area (Å²) in [7, 11) is 0. The molecule has 0 aromatic carbocycles. The van der Waals surface area contributed by atoms with E-state index in [9.17, 15) is 4.79 Å². The van der Waals surface area contributed by atoms with E-state index in [2.05, 4.69) is 5.32 Å². The summed E-state index contributed by atoms with van der Waals surface area (Å²) in [5.74, 6) is 0.0156. The van der Waals surface area contributed by atoms with Crippen LogP contribution in [0.25, 0.3) is 0 Å². The third-order valence-corrected chi connectivity index (χ3v) is 1.92. The zero-order valence-corrected chi connectivity index (χ0v) is 7.18. The first-order chi connectivity index (χ1) is 5.83. The van der Waals surface area contributed by atoms with E-state index < -0.39 is 0 Å². The van der Waals surface area contributed by atoms with Crippen LogP contribution in [0, 0.1) is 0 Å². The Morgan fingerprint density at radius 1 is 1.58 bits per heavy atom. The molecule has 0 aromatic rings. The fourth-order valence-electron chi connectivity index (χ4n) is 1.28. The third kappa shape index (κ3) is 3.05. The Morgan fingerprint density at radius 2 is 2.42 bits per heavy atom. The van der Waals surface area contributed by atoms with Crippen molar-refractivity contribution in [3.8, 4) is 0 Å². The number of carbonyl (C=O) groups excluding carboxylic acids is 1. The lowest BCUT2D eigenvalue weighted by molar-refractivity contribution is -0.115. The van der Waals surface area contributed by atoms with E-state index in [-0.39, 0.29) is 18.8 Å². The Hall–Kier alpha value is -0.830. The number of hydrogen-bond acceptors (Lipinski definition) is 3. The summed E-state index contributed by atoms with van der Waals surface area (Å²) in [5.41, 5.74) is 1.03. The number of hydrogen-bond donors (Lipinski definition) is 2. The minimum absolute atomic E-state index is 0.0156. The van der Waals surface area contributed by atoms with Crippen molar-refractivity contribution in [1.82, 2.24) is 5.32 Å². The predicted molar refractivity (Wildman–Crippen MR) is 46.6 cm³/mol. The number of ketones is 1. The smallest absolute Gasteiger partial charge is 0.159 e. The van der Waals surface area contributed by atoms with Gasteiger partial charge in [-0.15, -0.1) is 0 Å². The average molecular weight is 169 g/mol. The summed E-state index contributed by atoms with van der Waals surface area (Å²) in [6.07, 6.45) is 5.18. The topological polar surface area (TPSA) is 49.3 Å². The summed E-state index contributed by atoms with van der Waals surface area (Å²) in [4.78, 5) is 11.0. The van der Waals surface area contributed by atoms with Gasteiger partial charge in [0.25, 0.3) is 0 Å². The number of allylic oxidation sites excluding steroid dienone is 2. The van der Waals surface area contributed by atoms with Gasteiger partial charge in [0.05, 0.1) is 6.61 Å². The quantitative estimate of drug-likeness (QED) is 0.608. The molecule has 0 saturated carbocycles. The molecule has 0 radical (unpaired) electrons. The minimum Gasteiger partial charge on any atom is -0.396 e. The summed E-state index contributed by atoms with van der Waals surface area (Å²) >= 11 is 0. The molecule has 1 heterocycles. The first-order valence-corrected chi connectivity index (χ1v) is 4.41. The van der Waals surface area contributed by atoms with Crippen LogP contribution in [-0.2, 0) is 4.79 Å². The number of piperidine rings is 1. The fourth-order valence-corrected chi connectivity index (χ4v) is 1.28. The second-order valence-electron chi connectivity index (χ2n) is 2.99. The summed E-state index contributed by atoms with van der Waals surface area (Å²) in [6, 6.07) is 0. The van der Waals surface area contributed by atoms with Gasteiger partial charge in [-0.3, -0.25) is 4.79 Å². The molecule has 68 valence electrons. The van der Waals surface area contributed by atoms with Crippen LogP contribution in [0.3, 0.4) is 0 Å². The molecule has 12 heavy (non-hydrogen) atoms. The van der Waals surface area contributed by atoms with Crippen molar-refractivity contribution < 1.29 is 9.90 Å². The van der Waals surface area contributed by atoms with Gasteiger partial charge in [-0.25, -0.2) is 0 Å². The fraction of sp³-hybridized carbons (Fsp3) is 0.667. The molecule has 0 bridgehead atoms. The standard InChI is InChI=1S/C9H15NO2/c11-6-4-9(12)7-8-3-1-2-5-10-8/h7,10-11H,1-6H2/b8-7-. The van der Waals surface area contributed by atoms with Gasteiger partial charge in [-0.05, 0) is 19.3 Å². The molecule has 0 amide bonds. The zero-order valence-electron chi connectivity index (χ0n) is 7.18. The Labute approximate surface area is 72.5 Å². The van der Waals surface area contributed by atoms with Crippen molar-refractivity contribution in [3.63, 3.8) is 0 Å². The van der Waals surface area contributed by atoms with Crippen LogP contribution < -0.4 is 5.32 Å². The molecule has 1 aliphatic rings. The van der Waals surface area contributed by atoms with Crippen molar-refractivity contribution in [3.05, 3.63) is 11.8 Å². The van der Waals surface area contributed by atoms with Gasteiger partial charge < -0.3 is 10.4 Å². The predicted octanol–water partition coefficient (Wildman–Crippen LogP) is 0.595. The van der Waals surface area contributed by atoms with E-state index in [1.807, 2.05) is 0 Å². The van der Waals surface area contributed by atoms with E-state index in [1.165, 1.54) is 6.42 Å². The van der Waals surface area contributed by atoms with Gasteiger partial charge in [-0.2, -0.15) is 0 Å². The maximum absolute atomic E-state index is 11.0. The van der Waals surface area contributed by atoms with Crippen LogP contribution >= 0.6 is 0 Å². The normalized spacial score (nSPS) is 20.6. The van der Waals surface area contributed by atoms with E-state index in [0.717, 1.165) is 25.1 Å². The molecule has 3 heteroatoms. The molecular weight excluding hydrogens is 154 g/mol. The molecule has 2 N–H and O–H groups in total. The second-order valence-corrected chi connectivity index (χ2v) is 2.99. The zero-order chi connectivity index (χ0) is 8.81. The molecule has 1 aliphatic heterocycles. The molecule has 3 nitrogen and oxygen atoms in total. The lowest BCUT2D eigenvalue weighted by Crippen LogP contribution is -2.20. The van der Waals surface area contributed by atoms with Crippen LogP contribution in [0.4, 0.5) is 0 Å². The maximum Gasteiger partial charge on any atom is 0.159 e. The number of aliphatic hydroxyl groups excluding tert-OH is 1. The Balaban J connectivity index is 2.37. The van der Waals surface area contributed by atoms with E-state index >= 15 is 0 Å². The molecule has 0 aromatic heterocycles. The van der Waals surface area contributed by atoms with Crippen LogP contribution in [0.15, 0.2) is 11.8 Å². The van der Waals surface area contributed by atoms with E-state index in [1.54, 1.807) is 6.08 Å². The lowest BCUT2D eigenvalue weighted by Gasteiger charge is -2.15. The highest BCUT2D eigenvalue weighted by Crippen LogP contribution is 2.09. The van der Waals surface area contributed by atoms with Gasteiger partial charge >= 0.3 is 0 Å². The molecular formula is C9H15NO2. The van der Waals surface area contributed by atoms with E-state index in [0.29, 0.717) is 0 Å². The Kier molecular flexibility index (Phi) is 3.80. The molecule has 0 aliphatic carbocycles. The minimum atomic E-state index is -0.0530. The van der Waals surface area contributed by atoms with Gasteiger partial charge in [0.1, 0.15) is 0 Å². The molecule has 0 atom stereocenters. The summed E-state index contributed by atoms with van der Waals surface area (Å²) < 4.78 is 0. The van der Waals surface area contributed by atoms with Gasteiger partial charge in [0.15, 0.2) is 5.78 Å². The molecule has 1 saturated heterocycles. The SMILES string of the molecule is O=C(/C=C1/CCCCN1)CCO. The van der Waals surface area contributed by atoms with Gasteiger partial charge in [-0.1, -0.05) is 0 Å². The Morgan fingerprint density at radius 3 is 3.00 bits per heavy atom. The molecule has 0 spiro atoms.